The zero-order chi connectivity index (χ0) is 31.1. The summed E-state index contributed by atoms with van der Waals surface area (Å²) in [6.07, 6.45) is -2.84. The number of nitrogens with one attached hydrogen (secondary N) is 1. The van der Waals surface area contributed by atoms with E-state index in [2.05, 4.69) is 31.2 Å². The summed E-state index contributed by atoms with van der Waals surface area (Å²) in [7, 11) is 3.20. The highest BCUT2D eigenvalue weighted by Crippen LogP contribution is 2.35. The second-order valence-electron chi connectivity index (χ2n) is 10.6. The number of hydrogen-bond acceptors (Lipinski definition) is 9. The van der Waals surface area contributed by atoms with Crippen LogP contribution < -0.4 is 14.8 Å². The van der Waals surface area contributed by atoms with Crippen molar-refractivity contribution in [2.45, 2.75) is 64.0 Å². The Morgan fingerprint density at radius 3 is 2.60 bits per heavy atom. The lowest BCUT2D eigenvalue weighted by atomic mass is 9.87. The number of fused-ring (bicyclic) bond motifs is 1. The predicted octanol–water partition coefficient (Wildman–Crippen LogP) is 5.21. The van der Waals surface area contributed by atoms with Crippen molar-refractivity contribution in [1.82, 2.24) is 14.8 Å². The molecule has 1 N–H and O–H groups in total. The highest BCUT2D eigenvalue weighted by atomic mass is 19.4. The molecule has 1 aliphatic heterocycles. The molecular formula is C30H35F3N4O6. The Labute approximate surface area is 247 Å². The van der Waals surface area contributed by atoms with Crippen LogP contribution in [0.3, 0.4) is 0 Å². The lowest BCUT2D eigenvalue weighted by Crippen LogP contribution is -2.27. The average molecular weight is 605 g/mol. The van der Waals surface area contributed by atoms with E-state index in [1.54, 1.807) is 23.9 Å². The van der Waals surface area contributed by atoms with Gasteiger partial charge in [0.25, 0.3) is 0 Å². The van der Waals surface area contributed by atoms with Crippen molar-refractivity contribution in [2.24, 2.45) is 7.05 Å². The number of anilines is 1. The first-order chi connectivity index (χ1) is 20.4. The smallest absolute Gasteiger partial charge is 0.495 e. The maximum atomic E-state index is 12.5. The highest BCUT2D eigenvalue weighted by Gasteiger charge is 2.43. The van der Waals surface area contributed by atoms with E-state index in [1.807, 2.05) is 32.0 Å². The van der Waals surface area contributed by atoms with Crippen molar-refractivity contribution in [3.05, 3.63) is 64.5 Å². The number of aryl methyl sites for hydroxylation is 2. The van der Waals surface area contributed by atoms with E-state index < -0.39 is 30.5 Å². The van der Waals surface area contributed by atoms with Crippen LogP contribution in [0.4, 0.5) is 19.0 Å². The van der Waals surface area contributed by atoms with Gasteiger partial charge in [-0.25, -0.2) is 29.0 Å². The van der Waals surface area contributed by atoms with Gasteiger partial charge in [-0.15, -0.1) is 0 Å². The molecular weight excluding hydrogens is 569 g/mol. The summed E-state index contributed by atoms with van der Waals surface area (Å²) in [4.78, 5) is 36.2. The molecule has 43 heavy (non-hydrogen) atoms. The van der Waals surface area contributed by atoms with E-state index in [0.29, 0.717) is 35.9 Å². The van der Waals surface area contributed by atoms with Crippen LogP contribution in [0.25, 0.3) is 0 Å². The number of halogens is 3. The molecule has 2 aromatic heterocycles. The molecule has 1 unspecified atom stereocenters. The zero-order valence-electron chi connectivity index (χ0n) is 24.5. The van der Waals surface area contributed by atoms with Crippen LogP contribution in [0.15, 0.2) is 36.4 Å². The van der Waals surface area contributed by atoms with E-state index in [-0.39, 0.29) is 12.3 Å². The lowest BCUT2D eigenvalue weighted by molar-refractivity contribution is -0.286. The second-order valence-corrected chi connectivity index (χ2v) is 10.6. The molecule has 0 aliphatic carbocycles. The van der Waals surface area contributed by atoms with Gasteiger partial charge in [-0.3, -0.25) is 0 Å². The Morgan fingerprint density at radius 2 is 1.88 bits per heavy atom. The second kappa shape index (κ2) is 13.8. The van der Waals surface area contributed by atoms with Crippen LogP contribution in [0.2, 0.25) is 0 Å². The van der Waals surface area contributed by atoms with Crippen molar-refractivity contribution >= 4 is 17.8 Å². The lowest BCUT2D eigenvalue weighted by Gasteiger charge is -2.20. The van der Waals surface area contributed by atoms with Crippen LogP contribution in [0, 0.1) is 0 Å². The first-order valence-electron chi connectivity index (χ1n) is 14.0. The number of hydrogen-bond donors (Lipinski definition) is 1. The van der Waals surface area contributed by atoms with E-state index in [1.165, 1.54) is 12.7 Å². The van der Waals surface area contributed by atoms with Gasteiger partial charge in [-0.2, -0.15) is 18.3 Å². The molecule has 1 atom stereocenters. The molecule has 0 saturated heterocycles. The number of ether oxygens (including phenoxy) is 2. The molecule has 0 amide bonds. The average Bonchev–Trinajstić information content (AvgIpc) is 3.32. The van der Waals surface area contributed by atoms with Gasteiger partial charge in [0.05, 0.1) is 25.8 Å². The first kappa shape index (κ1) is 31.6. The summed E-state index contributed by atoms with van der Waals surface area (Å²) in [6.45, 7) is 5.27. The van der Waals surface area contributed by atoms with Crippen LogP contribution in [-0.4, -0.2) is 53.1 Å². The van der Waals surface area contributed by atoms with Crippen molar-refractivity contribution in [3.8, 4) is 11.6 Å². The molecule has 232 valence electrons. The van der Waals surface area contributed by atoms with Gasteiger partial charge in [-0.1, -0.05) is 32.0 Å². The number of carbonyl (C=O) groups is 2. The molecule has 0 bridgehead atoms. The molecule has 0 saturated carbocycles. The molecule has 0 spiro atoms. The van der Waals surface area contributed by atoms with E-state index in [9.17, 15) is 22.8 Å². The highest BCUT2D eigenvalue weighted by molar-refractivity contribution is 5.77. The summed E-state index contributed by atoms with van der Waals surface area (Å²) < 4.78 is 50.6. The third kappa shape index (κ3) is 8.39. The fraction of sp³-hybridized carbons (Fsp3) is 0.467. The zero-order valence-corrected chi connectivity index (χ0v) is 24.5. The minimum absolute atomic E-state index is 0.153. The summed E-state index contributed by atoms with van der Waals surface area (Å²) >= 11 is 0. The number of alkyl halides is 3. The third-order valence-corrected chi connectivity index (χ3v) is 7.12. The Morgan fingerprint density at radius 1 is 1.09 bits per heavy atom. The number of methoxy groups -OCH3 is 1. The fourth-order valence-corrected chi connectivity index (χ4v) is 4.85. The molecule has 13 heteroatoms. The maximum Gasteiger partial charge on any atom is 0.495 e. The Bertz CT molecular complexity index is 1440. The standard InChI is InChI=1S/C30H35F3N4O6/c1-18(2)20-8-10-25(40-4)24(15-20)21(16-27(38)42-43-29(39)30(31,32)33)14-23-17-26(37(3)36-23)41-13-11-22-9-7-19-6-5-12-34-28(19)35-22/h7-10,15,17-18,21H,5-6,11-14,16H2,1-4H3,(H,34,35). The van der Waals surface area contributed by atoms with Crippen LogP contribution in [0.5, 0.6) is 11.6 Å². The van der Waals surface area contributed by atoms with Crippen molar-refractivity contribution in [1.29, 1.82) is 0 Å². The summed E-state index contributed by atoms with van der Waals surface area (Å²) in [6, 6.07) is 11.4. The quantitative estimate of drug-likeness (QED) is 0.233. The van der Waals surface area contributed by atoms with Gasteiger partial charge in [0.2, 0.25) is 5.88 Å². The SMILES string of the molecule is COc1ccc(C(C)C)cc1C(CC(=O)OOC(=O)C(F)(F)F)Cc1cc(OCCc2ccc3c(n2)NCCC3)n(C)n1. The van der Waals surface area contributed by atoms with Gasteiger partial charge >= 0.3 is 18.1 Å². The molecule has 0 radical (unpaired) electrons. The van der Waals surface area contributed by atoms with Gasteiger partial charge in [0, 0.05) is 37.7 Å². The molecule has 1 aliphatic rings. The number of benzene rings is 1. The van der Waals surface area contributed by atoms with Gasteiger partial charge in [-0.05, 0) is 54.0 Å². The van der Waals surface area contributed by atoms with Gasteiger partial charge in [0.15, 0.2) is 0 Å². The Hall–Kier alpha value is -4.29. The Kier molecular flexibility index (Phi) is 10.1. The summed E-state index contributed by atoms with van der Waals surface area (Å²) in [5, 5.41) is 7.85. The molecule has 1 aromatic carbocycles. The summed E-state index contributed by atoms with van der Waals surface area (Å²) in [5.41, 5.74) is 4.27. The van der Waals surface area contributed by atoms with Gasteiger partial charge in [0.1, 0.15) is 11.6 Å². The third-order valence-electron chi connectivity index (χ3n) is 7.12. The van der Waals surface area contributed by atoms with E-state index >= 15 is 0 Å². The number of rotatable bonds is 11. The number of pyridine rings is 1. The summed E-state index contributed by atoms with van der Waals surface area (Å²) in [5.74, 6) is -2.37. The number of nitrogens with zero attached hydrogens (tertiary/aromatic N) is 3. The molecule has 3 aromatic rings. The van der Waals surface area contributed by atoms with Gasteiger partial charge < -0.3 is 14.8 Å². The monoisotopic (exact) mass is 604 g/mol. The molecule has 0 fully saturated rings. The maximum absolute atomic E-state index is 12.5. The minimum atomic E-state index is -5.30. The normalized spacial score (nSPS) is 13.6. The van der Waals surface area contributed by atoms with Crippen molar-refractivity contribution < 1.29 is 42.0 Å². The predicted molar refractivity (Wildman–Crippen MR) is 150 cm³/mol. The van der Waals surface area contributed by atoms with Crippen molar-refractivity contribution in [2.75, 3.05) is 25.6 Å². The number of aromatic nitrogens is 3. The topological polar surface area (TPSA) is 114 Å². The van der Waals surface area contributed by atoms with E-state index in [4.69, 9.17) is 9.47 Å². The Balaban J connectivity index is 1.48. The molecule has 10 nitrogen and oxygen atoms in total. The minimum Gasteiger partial charge on any atom is -0.496 e. The van der Waals surface area contributed by atoms with Crippen molar-refractivity contribution in [3.63, 3.8) is 0 Å². The van der Waals surface area contributed by atoms with E-state index in [0.717, 1.165) is 36.5 Å². The van der Waals surface area contributed by atoms with Crippen LogP contribution in [0.1, 0.15) is 66.6 Å². The van der Waals surface area contributed by atoms with Crippen LogP contribution >= 0.6 is 0 Å². The van der Waals surface area contributed by atoms with Crippen LogP contribution in [-0.2, 0) is 45.7 Å². The molecule has 3 heterocycles. The largest absolute Gasteiger partial charge is 0.496 e. The fourth-order valence-electron chi connectivity index (χ4n) is 4.85. The number of carbonyl (C=O) groups excluding carboxylic acids is 2. The molecule has 4 rings (SSSR count). The first-order valence-corrected chi connectivity index (χ1v) is 14.0.